The van der Waals surface area contributed by atoms with E-state index in [9.17, 15) is 4.79 Å². The maximum Gasteiger partial charge on any atom is 0.255 e. The minimum Gasteiger partial charge on any atom is -0.322 e. The lowest BCUT2D eigenvalue weighted by atomic mass is 10.1. The smallest absolute Gasteiger partial charge is 0.255 e. The topological polar surface area (TPSA) is 29.1 Å². The van der Waals surface area contributed by atoms with Gasteiger partial charge in [0.2, 0.25) is 0 Å². The minimum absolute atomic E-state index is 0.0751. The van der Waals surface area contributed by atoms with Crippen molar-refractivity contribution in [2.45, 2.75) is 13.8 Å². The van der Waals surface area contributed by atoms with Crippen LogP contribution in [0.1, 0.15) is 21.5 Å². The number of hydrogen-bond donors (Lipinski definition) is 2. The largest absolute Gasteiger partial charge is 0.322 e. The van der Waals surface area contributed by atoms with E-state index in [2.05, 4.69) is 17.9 Å². The van der Waals surface area contributed by atoms with E-state index in [-0.39, 0.29) is 5.91 Å². The van der Waals surface area contributed by atoms with Gasteiger partial charge in [0.15, 0.2) is 0 Å². The molecule has 19 heavy (non-hydrogen) atoms. The van der Waals surface area contributed by atoms with E-state index in [1.54, 1.807) is 6.26 Å². The highest BCUT2D eigenvalue weighted by atomic mass is 32.1. The van der Waals surface area contributed by atoms with Crippen molar-refractivity contribution in [3.05, 3.63) is 65.2 Å². The average molecular weight is 273 g/mol. The zero-order valence-electron chi connectivity index (χ0n) is 11.5. The molecule has 0 saturated carbocycles. The molecule has 0 aliphatic heterocycles. The number of hydrogen-bond acceptors (Lipinski definition) is 2. The Labute approximate surface area is 120 Å². The number of carbonyl (C=O) groups is 1. The number of anilines is 1. The van der Waals surface area contributed by atoms with Crippen molar-refractivity contribution < 1.29 is 4.79 Å². The molecule has 0 aliphatic carbocycles. The molecule has 0 heterocycles. The standard InChI is InChI=1S/C15H15NO.CH4S/c1-11-3-7-13(8-4-11)15(17)16-14-9-5-12(2)6-10-14;1-2/h3-10H,1-2H3,(H,16,17);2H,1H3. The Morgan fingerprint density at radius 2 is 1.26 bits per heavy atom. The molecule has 100 valence electrons. The molecule has 0 fully saturated rings. The second kappa shape index (κ2) is 7.64. The lowest BCUT2D eigenvalue weighted by molar-refractivity contribution is 0.102. The molecular formula is C16H19NOS. The molecule has 2 aromatic carbocycles. The molecule has 3 heteroatoms. The number of carbonyl (C=O) groups excluding carboxylic acids is 1. The van der Waals surface area contributed by atoms with Crippen LogP contribution in [0.25, 0.3) is 0 Å². The SMILES string of the molecule is CS.Cc1ccc(NC(=O)c2ccc(C)cc2)cc1. The van der Waals surface area contributed by atoms with Crippen LogP contribution in [0.4, 0.5) is 5.69 Å². The van der Waals surface area contributed by atoms with Crippen molar-refractivity contribution in [1.29, 1.82) is 0 Å². The van der Waals surface area contributed by atoms with Gasteiger partial charge in [0.1, 0.15) is 0 Å². The van der Waals surface area contributed by atoms with Gasteiger partial charge in [-0.25, -0.2) is 0 Å². The van der Waals surface area contributed by atoms with E-state index in [0.29, 0.717) is 5.56 Å². The van der Waals surface area contributed by atoms with Gasteiger partial charge in [-0.1, -0.05) is 35.4 Å². The van der Waals surface area contributed by atoms with Crippen molar-refractivity contribution in [1.82, 2.24) is 0 Å². The number of benzene rings is 2. The van der Waals surface area contributed by atoms with Gasteiger partial charge >= 0.3 is 0 Å². The highest BCUT2D eigenvalue weighted by Gasteiger charge is 2.04. The van der Waals surface area contributed by atoms with Gasteiger partial charge in [-0.05, 0) is 44.4 Å². The maximum atomic E-state index is 11.9. The lowest BCUT2D eigenvalue weighted by Crippen LogP contribution is -2.11. The van der Waals surface area contributed by atoms with Crippen LogP contribution in [0, 0.1) is 13.8 Å². The van der Waals surface area contributed by atoms with Crippen LogP contribution >= 0.6 is 12.6 Å². The van der Waals surface area contributed by atoms with Crippen molar-refractivity contribution in [2.75, 3.05) is 11.6 Å². The summed E-state index contributed by atoms with van der Waals surface area (Å²) in [7, 11) is 0. The Balaban J connectivity index is 0.000000861. The third-order valence-corrected chi connectivity index (χ3v) is 2.62. The molecule has 2 nitrogen and oxygen atoms in total. The zero-order chi connectivity index (χ0) is 14.3. The van der Waals surface area contributed by atoms with E-state index < -0.39 is 0 Å². The number of rotatable bonds is 2. The van der Waals surface area contributed by atoms with Crippen LogP contribution < -0.4 is 5.32 Å². The molecule has 0 aliphatic rings. The zero-order valence-corrected chi connectivity index (χ0v) is 12.4. The Bertz CT molecular complexity index is 517. The summed E-state index contributed by atoms with van der Waals surface area (Å²) in [5.41, 5.74) is 3.83. The van der Waals surface area contributed by atoms with Crippen molar-refractivity contribution in [2.24, 2.45) is 0 Å². The third kappa shape index (κ3) is 4.79. The Morgan fingerprint density at radius 3 is 1.74 bits per heavy atom. The predicted octanol–water partition coefficient (Wildman–Crippen LogP) is 4.10. The van der Waals surface area contributed by atoms with Gasteiger partial charge in [0, 0.05) is 11.3 Å². The third-order valence-electron chi connectivity index (χ3n) is 2.62. The summed E-state index contributed by atoms with van der Waals surface area (Å²) in [6.07, 6.45) is 1.69. The van der Waals surface area contributed by atoms with E-state index in [1.807, 2.05) is 62.4 Å². The van der Waals surface area contributed by atoms with Gasteiger partial charge in [0.25, 0.3) is 5.91 Å². The van der Waals surface area contributed by atoms with E-state index in [0.717, 1.165) is 11.3 Å². The molecule has 2 aromatic rings. The second-order valence-corrected chi connectivity index (χ2v) is 4.19. The molecule has 0 spiro atoms. The van der Waals surface area contributed by atoms with Crippen LogP contribution in [0.15, 0.2) is 48.5 Å². The molecule has 0 radical (unpaired) electrons. The minimum atomic E-state index is -0.0751. The first-order chi connectivity index (χ1) is 9.15. The normalized spacial score (nSPS) is 9.26. The summed E-state index contributed by atoms with van der Waals surface area (Å²) in [4.78, 5) is 11.9. The van der Waals surface area contributed by atoms with E-state index in [1.165, 1.54) is 5.56 Å². The first kappa shape index (κ1) is 15.3. The summed E-state index contributed by atoms with van der Waals surface area (Å²) >= 11 is 3.53. The van der Waals surface area contributed by atoms with Crippen LogP contribution in [0.2, 0.25) is 0 Å². The molecule has 0 atom stereocenters. The number of thiol groups is 1. The molecule has 0 bridgehead atoms. The molecule has 0 aromatic heterocycles. The lowest BCUT2D eigenvalue weighted by Gasteiger charge is -2.05. The molecule has 2 rings (SSSR count). The predicted molar refractivity (Wildman–Crippen MR) is 85.2 cm³/mol. The monoisotopic (exact) mass is 273 g/mol. The van der Waals surface area contributed by atoms with Crippen molar-refractivity contribution >= 4 is 24.2 Å². The first-order valence-corrected chi connectivity index (χ1v) is 6.94. The van der Waals surface area contributed by atoms with Crippen molar-refractivity contribution in [3.63, 3.8) is 0 Å². The van der Waals surface area contributed by atoms with E-state index >= 15 is 0 Å². The van der Waals surface area contributed by atoms with Crippen LogP contribution in [0.3, 0.4) is 0 Å². The summed E-state index contributed by atoms with van der Waals surface area (Å²) < 4.78 is 0. The van der Waals surface area contributed by atoms with Crippen LogP contribution in [-0.4, -0.2) is 12.2 Å². The van der Waals surface area contributed by atoms with E-state index in [4.69, 9.17) is 0 Å². The van der Waals surface area contributed by atoms with Gasteiger partial charge in [-0.2, -0.15) is 12.6 Å². The number of aryl methyl sites for hydroxylation is 2. The Morgan fingerprint density at radius 1 is 0.842 bits per heavy atom. The number of nitrogens with one attached hydrogen (secondary N) is 1. The van der Waals surface area contributed by atoms with Gasteiger partial charge in [0.05, 0.1) is 0 Å². The quantitative estimate of drug-likeness (QED) is 0.792. The average Bonchev–Trinajstić information content (AvgIpc) is 2.44. The fourth-order valence-corrected chi connectivity index (χ4v) is 1.55. The summed E-state index contributed by atoms with van der Waals surface area (Å²) in [5.74, 6) is -0.0751. The summed E-state index contributed by atoms with van der Waals surface area (Å²) in [6.45, 7) is 4.02. The summed E-state index contributed by atoms with van der Waals surface area (Å²) in [5, 5.41) is 2.87. The number of amides is 1. The highest BCUT2D eigenvalue weighted by Crippen LogP contribution is 2.11. The van der Waals surface area contributed by atoms with Crippen molar-refractivity contribution in [3.8, 4) is 0 Å². The van der Waals surface area contributed by atoms with Crippen LogP contribution in [-0.2, 0) is 0 Å². The molecule has 0 saturated heterocycles. The molecule has 0 unspecified atom stereocenters. The fourth-order valence-electron chi connectivity index (χ4n) is 1.55. The fraction of sp³-hybridized carbons (Fsp3) is 0.188. The highest BCUT2D eigenvalue weighted by molar-refractivity contribution is 7.79. The Kier molecular flexibility index (Phi) is 6.16. The molecule has 1 N–H and O–H groups in total. The van der Waals surface area contributed by atoms with Crippen LogP contribution in [0.5, 0.6) is 0 Å². The van der Waals surface area contributed by atoms with Gasteiger partial charge in [-0.3, -0.25) is 4.79 Å². The summed E-state index contributed by atoms with van der Waals surface area (Å²) in [6, 6.07) is 15.3. The van der Waals surface area contributed by atoms with Gasteiger partial charge in [-0.15, -0.1) is 0 Å². The molecular weight excluding hydrogens is 254 g/mol. The Hall–Kier alpha value is -1.74. The molecule has 1 amide bonds. The van der Waals surface area contributed by atoms with Gasteiger partial charge < -0.3 is 5.32 Å². The first-order valence-electron chi connectivity index (χ1n) is 6.04. The second-order valence-electron chi connectivity index (χ2n) is 4.19. The maximum absolute atomic E-state index is 11.9.